The van der Waals surface area contributed by atoms with Gasteiger partial charge in [-0.05, 0) is 44.9 Å². The molecule has 0 amide bonds. The fourth-order valence-electron chi connectivity index (χ4n) is 3.07. The van der Waals surface area contributed by atoms with E-state index in [1.54, 1.807) is 0 Å². The molecule has 19 heavy (non-hydrogen) atoms. The van der Waals surface area contributed by atoms with Gasteiger partial charge in [-0.25, -0.2) is 0 Å². The van der Waals surface area contributed by atoms with Crippen LogP contribution in [0.2, 0.25) is 0 Å². The third-order valence-electron chi connectivity index (χ3n) is 4.69. The average molecular weight is 268 g/mol. The number of hydrogen-bond donors (Lipinski definition) is 1. The SMILES string of the molecule is CCCC(CNC1CC1)N(CCOC)C(C)C1CC1. The van der Waals surface area contributed by atoms with Crippen LogP contribution in [0.5, 0.6) is 0 Å². The Morgan fingerprint density at radius 3 is 2.53 bits per heavy atom. The molecule has 0 bridgehead atoms. The minimum Gasteiger partial charge on any atom is -0.383 e. The van der Waals surface area contributed by atoms with E-state index in [2.05, 4.69) is 24.1 Å². The first-order chi connectivity index (χ1) is 9.26. The van der Waals surface area contributed by atoms with Crippen molar-refractivity contribution in [2.75, 3.05) is 26.8 Å². The largest absolute Gasteiger partial charge is 0.383 e. The van der Waals surface area contributed by atoms with Gasteiger partial charge in [0, 0.05) is 38.3 Å². The molecule has 1 N–H and O–H groups in total. The van der Waals surface area contributed by atoms with Gasteiger partial charge < -0.3 is 10.1 Å². The van der Waals surface area contributed by atoms with Crippen LogP contribution in [0.15, 0.2) is 0 Å². The van der Waals surface area contributed by atoms with Crippen molar-refractivity contribution >= 4 is 0 Å². The van der Waals surface area contributed by atoms with Crippen molar-refractivity contribution < 1.29 is 4.74 Å². The van der Waals surface area contributed by atoms with Gasteiger partial charge in [-0.15, -0.1) is 0 Å². The van der Waals surface area contributed by atoms with Crippen LogP contribution >= 0.6 is 0 Å². The first-order valence-corrected chi connectivity index (χ1v) is 8.24. The Balaban J connectivity index is 1.88. The fourth-order valence-corrected chi connectivity index (χ4v) is 3.07. The summed E-state index contributed by atoms with van der Waals surface area (Å²) in [5.41, 5.74) is 0. The molecular formula is C16H32N2O. The zero-order valence-electron chi connectivity index (χ0n) is 13.0. The van der Waals surface area contributed by atoms with Crippen molar-refractivity contribution in [3.05, 3.63) is 0 Å². The van der Waals surface area contributed by atoms with E-state index in [9.17, 15) is 0 Å². The van der Waals surface area contributed by atoms with Crippen LogP contribution in [0.25, 0.3) is 0 Å². The summed E-state index contributed by atoms with van der Waals surface area (Å²) < 4.78 is 5.33. The highest BCUT2D eigenvalue weighted by Crippen LogP contribution is 2.36. The lowest BCUT2D eigenvalue weighted by atomic mass is 10.1. The molecule has 2 fully saturated rings. The topological polar surface area (TPSA) is 24.5 Å². The third kappa shape index (κ3) is 5.05. The molecule has 2 unspecified atom stereocenters. The van der Waals surface area contributed by atoms with Gasteiger partial charge in [-0.2, -0.15) is 0 Å². The number of rotatable bonds is 11. The van der Waals surface area contributed by atoms with E-state index in [0.717, 1.165) is 31.2 Å². The van der Waals surface area contributed by atoms with Gasteiger partial charge in [0.15, 0.2) is 0 Å². The molecule has 0 aromatic rings. The summed E-state index contributed by atoms with van der Waals surface area (Å²) in [5, 5.41) is 3.73. The summed E-state index contributed by atoms with van der Waals surface area (Å²) in [5.74, 6) is 0.942. The van der Waals surface area contributed by atoms with Gasteiger partial charge in [0.2, 0.25) is 0 Å². The molecule has 0 spiro atoms. The van der Waals surface area contributed by atoms with Gasteiger partial charge in [0.25, 0.3) is 0 Å². The summed E-state index contributed by atoms with van der Waals surface area (Å²) in [7, 11) is 1.82. The smallest absolute Gasteiger partial charge is 0.0589 e. The number of hydrogen-bond acceptors (Lipinski definition) is 3. The first-order valence-electron chi connectivity index (χ1n) is 8.24. The Morgan fingerprint density at radius 2 is 2.00 bits per heavy atom. The Labute approximate surface area is 119 Å². The number of methoxy groups -OCH3 is 1. The summed E-state index contributed by atoms with van der Waals surface area (Å²) in [6.07, 6.45) is 8.21. The number of nitrogens with one attached hydrogen (secondary N) is 1. The number of nitrogens with zero attached hydrogens (tertiary/aromatic N) is 1. The third-order valence-corrected chi connectivity index (χ3v) is 4.69. The van der Waals surface area contributed by atoms with Crippen molar-refractivity contribution in [1.82, 2.24) is 10.2 Å². The number of ether oxygens (including phenoxy) is 1. The van der Waals surface area contributed by atoms with E-state index in [1.165, 1.54) is 45.1 Å². The normalized spacial score (nSPS) is 22.7. The lowest BCUT2D eigenvalue weighted by Crippen LogP contribution is -2.49. The minimum absolute atomic E-state index is 0.691. The summed E-state index contributed by atoms with van der Waals surface area (Å²) >= 11 is 0. The van der Waals surface area contributed by atoms with Crippen LogP contribution in [0.4, 0.5) is 0 Å². The lowest BCUT2D eigenvalue weighted by Gasteiger charge is -2.37. The van der Waals surface area contributed by atoms with Crippen molar-refractivity contribution in [2.24, 2.45) is 5.92 Å². The van der Waals surface area contributed by atoms with Crippen LogP contribution in [-0.2, 0) is 4.74 Å². The molecule has 3 nitrogen and oxygen atoms in total. The monoisotopic (exact) mass is 268 g/mol. The van der Waals surface area contributed by atoms with E-state index >= 15 is 0 Å². The molecule has 2 saturated carbocycles. The molecule has 2 aliphatic carbocycles. The first kappa shape index (κ1) is 15.3. The average Bonchev–Trinajstić information content (AvgIpc) is 3.29. The summed E-state index contributed by atoms with van der Waals surface area (Å²) in [4.78, 5) is 2.72. The molecule has 0 aromatic heterocycles. The van der Waals surface area contributed by atoms with Crippen molar-refractivity contribution in [3.63, 3.8) is 0 Å². The zero-order chi connectivity index (χ0) is 13.7. The van der Waals surface area contributed by atoms with Gasteiger partial charge in [-0.1, -0.05) is 13.3 Å². The van der Waals surface area contributed by atoms with Gasteiger partial charge in [0.05, 0.1) is 6.61 Å². The predicted octanol–water partition coefficient (Wildman–Crippen LogP) is 2.65. The van der Waals surface area contributed by atoms with Gasteiger partial charge in [-0.3, -0.25) is 4.90 Å². The van der Waals surface area contributed by atoms with Crippen LogP contribution in [0, 0.1) is 5.92 Å². The van der Waals surface area contributed by atoms with Crippen LogP contribution in [0.1, 0.15) is 52.4 Å². The molecule has 0 radical (unpaired) electrons. The molecule has 112 valence electrons. The van der Waals surface area contributed by atoms with Gasteiger partial charge >= 0.3 is 0 Å². The Hall–Kier alpha value is -0.120. The van der Waals surface area contributed by atoms with E-state index in [1.807, 2.05) is 7.11 Å². The van der Waals surface area contributed by atoms with E-state index < -0.39 is 0 Å². The van der Waals surface area contributed by atoms with Gasteiger partial charge in [0.1, 0.15) is 0 Å². The zero-order valence-corrected chi connectivity index (χ0v) is 13.0. The van der Waals surface area contributed by atoms with Crippen LogP contribution in [0.3, 0.4) is 0 Å². The van der Waals surface area contributed by atoms with Crippen LogP contribution in [-0.4, -0.2) is 49.8 Å². The summed E-state index contributed by atoms with van der Waals surface area (Å²) in [6, 6.07) is 2.24. The molecule has 3 heteroatoms. The molecular weight excluding hydrogens is 236 g/mol. The highest BCUT2D eigenvalue weighted by atomic mass is 16.5. The lowest BCUT2D eigenvalue weighted by molar-refractivity contribution is 0.0762. The summed E-state index contributed by atoms with van der Waals surface area (Å²) in [6.45, 7) is 7.85. The highest BCUT2D eigenvalue weighted by molar-refractivity contribution is 4.90. The van der Waals surface area contributed by atoms with Crippen molar-refractivity contribution in [3.8, 4) is 0 Å². The Kier molecular flexibility index (Phi) is 6.11. The second-order valence-electron chi connectivity index (χ2n) is 6.43. The van der Waals surface area contributed by atoms with Crippen molar-refractivity contribution in [1.29, 1.82) is 0 Å². The maximum Gasteiger partial charge on any atom is 0.0589 e. The van der Waals surface area contributed by atoms with E-state index in [-0.39, 0.29) is 0 Å². The molecule has 2 aliphatic rings. The highest BCUT2D eigenvalue weighted by Gasteiger charge is 2.35. The maximum atomic E-state index is 5.33. The fraction of sp³-hybridized carbons (Fsp3) is 1.00. The molecule has 0 aliphatic heterocycles. The molecule has 2 atom stereocenters. The standard InChI is InChI=1S/C16H32N2O/c1-4-5-16(12-17-15-8-9-15)18(10-11-19-3)13(2)14-6-7-14/h13-17H,4-12H2,1-3H3. The van der Waals surface area contributed by atoms with Crippen molar-refractivity contribution in [2.45, 2.75) is 70.5 Å². The second kappa shape index (κ2) is 7.61. The quantitative estimate of drug-likeness (QED) is 0.623. The Bertz CT molecular complexity index is 251. The minimum atomic E-state index is 0.691. The molecule has 0 saturated heterocycles. The molecule has 0 heterocycles. The predicted molar refractivity (Wildman–Crippen MR) is 80.5 cm³/mol. The van der Waals surface area contributed by atoms with Crippen LogP contribution < -0.4 is 5.32 Å². The maximum absolute atomic E-state index is 5.33. The van der Waals surface area contributed by atoms with E-state index in [0.29, 0.717) is 6.04 Å². The molecule has 2 rings (SSSR count). The Morgan fingerprint density at radius 1 is 1.26 bits per heavy atom. The second-order valence-corrected chi connectivity index (χ2v) is 6.43. The molecule has 0 aromatic carbocycles. The van der Waals surface area contributed by atoms with E-state index in [4.69, 9.17) is 4.74 Å².